The van der Waals surface area contributed by atoms with Crippen molar-refractivity contribution in [3.05, 3.63) is 41.5 Å². The molecule has 1 aromatic rings. The van der Waals surface area contributed by atoms with Gasteiger partial charge in [0, 0.05) is 43.3 Å². The minimum atomic E-state index is -2.87. The van der Waals surface area contributed by atoms with Gasteiger partial charge in [-0.1, -0.05) is 52.8 Å². The summed E-state index contributed by atoms with van der Waals surface area (Å²) in [7, 11) is -2.87. The molecule has 5 fully saturated rings. The summed E-state index contributed by atoms with van der Waals surface area (Å²) in [6, 6.07) is 7.54. The summed E-state index contributed by atoms with van der Waals surface area (Å²) in [5.41, 5.74) is 4.48. The Balaban J connectivity index is 1.15. The number of benzene rings is 1. The second kappa shape index (κ2) is 12.0. The van der Waals surface area contributed by atoms with Crippen LogP contribution in [0.15, 0.2) is 30.3 Å². The fourth-order valence-corrected chi connectivity index (χ4v) is 15.0. The van der Waals surface area contributed by atoms with Crippen LogP contribution in [0.1, 0.15) is 115 Å². The Morgan fingerprint density at radius 1 is 0.918 bits per heavy atom. The van der Waals surface area contributed by atoms with Gasteiger partial charge in [0.2, 0.25) is 0 Å². The average molecular weight is 692 g/mol. The summed E-state index contributed by atoms with van der Waals surface area (Å²) < 4.78 is 24.0. The molecule has 1 aliphatic heterocycles. The average Bonchev–Trinajstić information content (AvgIpc) is 3.42. The maximum Gasteiger partial charge on any atom is 0.335 e. The quantitative estimate of drug-likeness (QED) is 0.255. The highest BCUT2D eigenvalue weighted by atomic mass is 32.2. The van der Waals surface area contributed by atoms with E-state index in [9.17, 15) is 18.3 Å². The van der Waals surface area contributed by atoms with E-state index < -0.39 is 15.8 Å². The lowest BCUT2D eigenvalue weighted by Crippen LogP contribution is -2.68. The summed E-state index contributed by atoms with van der Waals surface area (Å²) in [5.74, 6) is 2.32. The molecule has 0 amide bonds. The maximum atomic E-state index is 12.0. The van der Waals surface area contributed by atoms with Gasteiger partial charge in [-0.3, -0.25) is 0 Å². The first kappa shape index (κ1) is 35.4. The number of hydrogen-bond acceptors (Lipinski definition) is 6. The van der Waals surface area contributed by atoms with Gasteiger partial charge >= 0.3 is 5.97 Å². The van der Waals surface area contributed by atoms with Crippen LogP contribution in [0.2, 0.25) is 0 Å². The highest BCUT2D eigenvalue weighted by Crippen LogP contribution is 2.76. The van der Waals surface area contributed by atoms with Gasteiger partial charge in [-0.05, 0) is 133 Å². The molecule has 1 saturated heterocycles. The predicted molar refractivity (Wildman–Crippen MR) is 198 cm³/mol. The molecule has 270 valence electrons. The molecule has 0 bridgehead atoms. The first-order valence-electron chi connectivity index (χ1n) is 19.2. The number of nitrogens with one attached hydrogen (secondary N) is 2. The van der Waals surface area contributed by atoms with Gasteiger partial charge in [0.15, 0.2) is 9.84 Å². The number of carboxylic acid groups (broad SMARTS) is 1. The molecule has 7 rings (SSSR count). The third-order valence-corrected chi connectivity index (χ3v) is 18.0. The predicted octanol–water partition coefficient (Wildman–Crippen LogP) is 7.57. The van der Waals surface area contributed by atoms with Gasteiger partial charge in [-0.2, -0.15) is 0 Å². The Kier molecular flexibility index (Phi) is 8.67. The van der Waals surface area contributed by atoms with Crippen molar-refractivity contribution in [2.24, 2.45) is 51.2 Å². The van der Waals surface area contributed by atoms with Gasteiger partial charge in [-0.15, -0.1) is 0 Å². The lowest BCUT2D eigenvalue weighted by molar-refractivity contribution is -0.218. The minimum absolute atomic E-state index is 0.00511. The van der Waals surface area contributed by atoms with Crippen molar-refractivity contribution in [2.75, 3.05) is 37.7 Å². The molecule has 6 aliphatic rings. The van der Waals surface area contributed by atoms with Crippen molar-refractivity contribution in [2.45, 2.75) is 105 Å². The number of aromatic carboxylic acids is 1. The van der Waals surface area contributed by atoms with Crippen LogP contribution in [-0.4, -0.2) is 73.3 Å². The Bertz CT molecular complexity index is 1620. The molecular formula is C41H61N3O4S. The first-order chi connectivity index (χ1) is 23.0. The first-order valence-corrected chi connectivity index (χ1v) is 21.1. The SMILES string of the molecule is CC(=N)C1CCC2(NCCN3CCS(=O)(=O)CC3)CCC3(C)C(CCC4C5(C)CC=C(c6ccc(C(=O)O)cc6)C(C)(C)C5CCC43C)C12. The van der Waals surface area contributed by atoms with Crippen LogP contribution >= 0.6 is 0 Å². The second-order valence-electron chi connectivity index (χ2n) is 18.5. The molecule has 1 aromatic carbocycles. The van der Waals surface area contributed by atoms with E-state index >= 15 is 0 Å². The summed E-state index contributed by atoms with van der Waals surface area (Å²) in [5, 5.41) is 22.6. The van der Waals surface area contributed by atoms with E-state index in [-0.39, 0.29) is 38.7 Å². The van der Waals surface area contributed by atoms with Gasteiger partial charge < -0.3 is 20.7 Å². The number of fused-ring (bicyclic) bond motifs is 7. The summed E-state index contributed by atoms with van der Waals surface area (Å²) >= 11 is 0. The molecule has 9 atom stereocenters. The normalized spacial score (nSPS) is 42.6. The molecule has 7 nitrogen and oxygen atoms in total. The van der Waals surface area contributed by atoms with E-state index in [2.05, 4.69) is 57.8 Å². The van der Waals surface area contributed by atoms with E-state index in [4.69, 9.17) is 5.41 Å². The number of nitrogens with zero attached hydrogens (tertiary/aromatic N) is 1. The zero-order valence-electron chi connectivity index (χ0n) is 30.9. The van der Waals surface area contributed by atoms with Gasteiger partial charge in [0.05, 0.1) is 17.1 Å². The van der Waals surface area contributed by atoms with Crippen LogP contribution in [-0.2, 0) is 9.84 Å². The van der Waals surface area contributed by atoms with Crippen LogP contribution in [0.5, 0.6) is 0 Å². The van der Waals surface area contributed by atoms with Crippen LogP contribution in [0, 0.1) is 56.7 Å². The lowest BCUT2D eigenvalue weighted by atomic mass is 9.33. The van der Waals surface area contributed by atoms with Crippen LogP contribution < -0.4 is 5.32 Å². The summed E-state index contributed by atoms with van der Waals surface area (Å²) in [6.07, 6.45) is 13.2. The maximum absolute atomic E-state index is 12.0. The molecule has 0 aromatic heterocycles. The van der Waals surface area contributed by atoms with Gasteiger partial charge in [-0.25, -0.2) is 13.2 Å². The third-order valence-electron chi connectivity index (χ3n) is 16.4. The van der Waals surface area contributed by atoms with E-state index in [0.29, 0.717) is 48.2 Å². The Morgan fingerprint density at radius 2 is 1.61 bits per heavy atom. The number of carboxylic acids is 1. The molecule has 8 heteroatoms. The minimum Gasteiger partial charge on any atom is -0.478 e. The molecule has 0 radical (unpaired) electrons. The van der Waals surface area contributed by atoms with Gasteiger partial charge in [0.25, 0.3) is 0 Å². The highest BCUT2D eigenvalue weighted by Gasteiger charge is 2.70. The van der Waals surface area contributed by atoms with Crippen LogP contribution in [0.25, 0.3) is 5.57 Å². The number of carbonyl (C=O) groups is 1. The number of allylic oxidation sites excluding steroid dienone is 2. The van der Waals surface area contributed by atoms with E-state index in [0.717, 1.165) is 43.6 Å². The Hall–Kier alpha value is -2.03. The molecular weight excluding hydrogens is 631 g/mol. The zero-order valence-corrected chi connectivity index (χ0v) is 31.7. The van der Waals surface area contributed by atoms with E-state index in [1.165, 1.54) is 44.1 Å². The Morgan fingerprint density at radius 3 is 2.27 bits per heavy atom. The fourth-order valence-electron chi connectivity index (χ4n) is 13.7. The second-order valence-corrected chi connectivity index (χ2v) is 20.8. The zero-order chi connectivity index (χ0) is 35.2. The number of sulfone groups is 1. The standard InChI is InChI=1S/C41H61N3O4S/c1-27(42)30-13-18-41(43-21-22-44-23-25-49(47,48)26-24-44)20-19-39(5)32(35(30)41)11-12-34-38(4)16-14-31(28-7-9-29(10-8-28)36(45)46)37(2,3)33(38)15-17-40(34,39)6/h7-10,14,30,32-35,42-43H,11-13,15-26H2,1-6H3,(H,45,46). The lowest BCUT2D eigenvalue weighted by Gasteiger charge is -2.72. The summed E-state index contributed by atoms with van der Waals surface area (Å²) in [6.45, 7) is 18.0. The fraction of sp³-hybridized carbons (Fsp3) is 0.756. The molecule has 1 heterocycles. The van der Waals surface area contributed by atoms with Gasteiger partial charge in [0.1, 0.15) is 0 Å². The smallest absolute Gasteiger partial charge is 0.335 e. The topological polar surface area (TPSA) is 111 Å². The number of hydrogen-bond donors (Lipinski definition) is 3. The molecule has 9 unspecified atom stereocenters. The van der Waals surface area contributed by atoms with Crippen molar-refractivity contribution in [3.8, 4) is 0 Å². The summed E-state index contributed by atoms with van der Waals surface area (Å²) in [4.78, 5) is 13.9. The Labute approximate surface area is 295 Å². The molecule has 49 heavy (non-hydrogen) atoms. The monoisotopic (exact) mass is 691 g/mol. The van der Waals surface area contributed by atoms with Crippen LogP contribution in [0.3, 0.4) is 0 Å². The van der Waals surface area contributed by atoms with Crippen molar-refractivity contribution >= 4 is 27.1 Å². The van der Waals surface area contributed by atoms with Crippen molar-refractivity contribution in [1.82, 2.24) is 10.2 Å². The third kappa shape index (κ3) is 5.43. The largest absolute Gasteiger partial charge is 0.478 e. The van der Waals surface area contributed by atoms with Crippen molar-refractivity contribution in [1.29, 1.82) is 5.41 Å². The van der Waals surface area contributed by atoms with Crippen molar-refractivity contribution in [3.63, 3.8) is 0 Å². The molecule has 3 N–H and O–H groups in total. The van der Waals surface area contributed by atoms with Crippen molar-refractivity contribution < 1.29 is 18.3 Å². The van der Waals surface area contributed by atoms with Crippen LogP contribution in [0.4, 0.5) is 0 Å². The molecule has 0 spiro atoms. The van der Waals surface area contributed by atoms with E-state index in [1.54, 1.807) is 12.1 Å². The highest BCUT2D eigenvalue weighted by molar-refractivity contribution is 7.91. The molecule has 4 saturated carbocycles. The number of rotatable bonds is 7. The van der Waals surface area contributed by atoms with E-state index in [1.807, 2.05) is 12.1 Å². The molecule has 5 aliphatic carbocycles.